The second-order valence-electron chi connectivity index (χ2n) is 14.8. The number of hydrogen-bond acceptors (Lipinski definition) is 8. The fourth-order valence-electron chi connectivity index (χ4n) is 7.70. The van der Waals surface area contributed by atoms with Crippen LogP contribution in [0.25, 0.3) is 32.8 Å². The van der Waals surface area contributed by atoms with Crippen molar-refractivity contribution < 1.29 is 19.0 Å². The summed E-state index contributed by atoms with van der Waals surface area (Å²) in [6, 6.07) is 12.9. The van der Waals surface area contributed by atoms with Crippen LogP contribution in [0.3, 0.4) is 0 Å². The first-order valence-electron chi connectivity index (χ1n) is 16.9. The average Bonchev–Trinajstić information content (AvgIpc) is 3.32. The highest BCUT2D eigenvalue weighted by Crippen LogP contribution is 2.43. The third-order valence-corrected chi connectivity index (χ3v) is 10.4. The van der Waals surface area contributed by atoms with E-state index in [-0.39, 0.29) is 34.0 Å². The van der Waals surface area contributed by atoms with E-state index in [1.165, 1.54) is 0 Å². The van der Waals surface area contributed by atoms with Crippen molar-refractivity contribution in [3.63, 3.8) is 0 Å². The molecule has 3 aromatic carbocycles. The molecule has 3 aliphatic rings. The number of halogens is 2. The van der Waals surface area contributed by atoms with Crippen molar-refractivity contribution in [3.05, 3.63) is 53.3 Å². The highest BCUT2D eigenvalue weighted by Gasteiger charge is 2.41. The topological polar surface area (TPSA) is 85.3 Å². The van der Waals surface area contributed by atoms with Crippen molar-refractivity contribution in [2.45, 2.75) is 64.1 Å². The molecule has 48 heavy (non-hydrogen) atoms. The standard InChI is InChI=1S/C37H44ClFN6O3/c1-37(2,3)48-36(47)45-20-22-10-13-44(21-25(45)16-22)34-29-19-30(38)31(28-18-26(46)17-23-8-6-7-9-27(23)28)32(39)33(29)40-35(41-34)43-14-11-24(12-15-43)42(4)5/h6-9,17-19,22,24-25,46H,10-16,20-21H2,1-5H3. The summed E-state index contributed by atoms with van der Waals surface area (Å²) in [5.74, 6) is 0.931. The van der Waals surface area contributed by atoms with E-state index in [0.717, 1.165) is 56.1 Å². The van der Waals surface area contributed by atoms with Gasteiger partial charge in [0, 0.05) is 49.7 Å². The van der Waals surface area contributed by atoms with E-state index < -0.39 is 11.4 Å². The van der Waals surface area contributed by atoms with E-state index in [1.807, 2.05) is 49.9 Å². The Balaban J connectivity index is 1.35. The van der Waals surface area contributed by atoms with Crippen LogP contribution in [0.4, 0.5) is 21.0 Å². The van der Waals surface area contributed by atoms with Crippen LogP contribution in [-0.2, 0) is 4.74 Å². The molecule has 0 saturated carbocycles. The van der Waals surface area contributed by atoms with E-state index in [4.69, 9.17) is 26.3 Å². The maximum Gasteiger partial charge on any atom is 0.410 e. The number of phenolic OH excluding ortho intramolecular Hbond substituents is 1. The second-order valence-corrected chi connectivity index (χ2v) is 15.2. The Labute approximate surface area is 286 Å². The Hall–Kier alpha value is -3.89. The van der Waals surface area contributed by atoms with Crippen LogP contribution < -0.4 is 9.80 Å². The molecule has 2 unspecified atom stereocenters. The van der Waals surface area contributed by atoms with E-state index in [0.29, 0.717) is 47.8 Å². The van der Waals surface area contributed by atoms with Gasteiger partial charge < -0.3 is 29.4 Å². The minimum absolute atomic E-state index is 0.0289. The maximum atomic E-state index is 17.1. The number of phenols is 1. The number of carbonyl (C=O) groups excluding carboxylic acids is 1. The van der Waals surface area contributed by atoms with Crippen LogP contribution in [-0.4, -0.2) is 95.5 Å². The number of likely N-dealkylation sites (tertiary alicyclic amines) is 1. The Morgan fingerprint density at radius 1 is 1.00 bits per heavy atom. The lowest BCUT2D eigenvalue weighted by atomic mass is 9.96. The van der Waals surface area contributed by atoms with Crippen LogP contribution in [0.5, 0.6) is 5.75 Å². The molecular formula is C37H44ClFN6O3. The van der Waals surface area contributed by atoms with Crippen molar-refractivity contribution in [2.24, 2.45) is 5.92 Å². The normalized spacial score (nSPS) is 20.6. The first-order chi connectivity index (χ1) is 22.9. The van der Waals surface area contributed by atoms with Crippen molar-refractivity contribution >= 4 is 51.1 Å². The molecule has 3 fully saturated rings. The molecule has 1 N–H and O–H groups in total. The number of ether oxygens (including phenoxy) is 1. The number of fused-ring (bicyclic) bond motifs is 4. The van der Waals surface area contributed by atoms with Gasteiger partial charge in [0.1, 0.15) is 22.7 Å². The molecule has 11 heteroatoms. The van der Waals surface area contributed by atoms with E-state index >= 15 is 4.39 Å². The van der Waals surface area contributed by atoms with Crippen LogP contribution in [0.15, 0.2) is 42.5 Å². The Morgan fingerprint density at radius 3 is 2.46 bits per heavy atom. The number of aromatic hydroxyl groups is 1. The third-order valence-electron chi connectivity index (χ3n) is 10.1. The summed E-state index contributed by atoms with van der Waals surface area (Å²) < 4.78 is 22.9. The summed E-state index contributed by atoms with van der Waals surface area (Å²) in [6.07, 6.45) is 3.35. The quantitative estimate of drug-likeness (QED) is 0.241. The summed E-state index contributed by atoms with van der Waals surface area (Å²) in [7, 11) is 4.20. The molecule has 4 heterocycles. The number of piperidine rings is 1. The summed E-state index contributed by atoms with van der Waals surface area (Å²) in [5, 5.41) is 12.9. The maximum absolute atomic E-state index is 17.1. The number of hydrogen-bond donors (Lipinski definition) is 1. The molecule has 0 aliphatic carbocycles. The van der Waals surface area contributed by atoms with Gasteiger partial charge in [0.2, 0.25) is 5.95 Å². The van der Waals surface area contributed by atoms with Gasteiger partial charge in [-0.15, -0.1) is 0 Å². The largest absolute Gasteiger partial charge is 0.508 e. The van der Waals surface area contributed by atoms with Gasteiger partial charge in [-0.25, -0.2) is 14.2 Å². The number of benzene rings is 3. The number of amides is 1. The predicted octanol–water partition coefficient (Wildman–Crippen LogP) is 7.31. The van der Waals surface area contributed by atoms with Gasteiger partial charge in [0.25, 0.3) is 0 Å². The monoisotopic (exact) mass is 674 g/mol. The molecule has 3 saturated heterocycles. The summed E-state index contributed by atoms with van der Waals surface area (Å²) in [4.78, 5) is 31.7. The van der Waals surface area contributed by atoms with Gasteiger partial charge in [-0.2, -0.15) is 4.98 Å². The molecule has 4 aromatic rings. The van der Waals surface area contributed by atoms with Crippen molar-refractivity contribution in [3.8, 4) is 16.9 Å². The van der Waals surface area contributed by atoms with Gasteiger partial charge >= 0.3 is 6.09 Å². The Kier molecular flexibility index (Phi) is 8.52. The number of nitrogens with zero attached hydrogens (tertiary/aromatic N) is 6. The van der Waals surface area contributed by atoms with Crippen LogP contribution >= 0.6 is 11.6 Å². The lowest BCUT2D eigenvalue weighted by Crippen LogP contribution is -2.46. The summed E-state index contributed by atoms with van der Waals surface area (Å²) >= 11 is 6.98. The first-order valence-corrected chi connectivity index (χ1v) is 17.3. The van der Waals surface area contributed by atoms with Gasteiger partial charge in [-0.3, -0.25) is 0 Å². The number of rotatable bonds is 4. The van der Waals surface area contributed by atoms with Crippen molar-refractivity contribution in [2.75, 3.05) is 56.6 Å². The number of aromatic nitrogens is 2. The van der Waals surface area contributed by atoms with E-state index in [9.17, 15) is 9.90 Å². The third kappa shape index (κ3) is 6.20. The zero-order valence-electron chi connectivity index (χ0n) is 28.3. The molecule has 1 aromatic heterocycles. The second kappa shape index (κ2) is 12.5. The van der Waals surface area contributed by atoms with Gasteiger partial charge in [0.05, 0.1) is 11.1 Å². The van der Waals surface area contributed by atoms with Gasteiger partial charge in [-0.1, -0.05) is 35.9 Å². The highest BCUT2D eigenvalue weighted by atomic mass is 35.5. The van der Waals surface area contributed by atoms with E-state index in [2.05, 4.69) is 28.8 Å². The SMILES string of the molecule is CN(C)C1CCN(c2nc(N3CCC4CC(C3)N(C(=O)OC(C)(C)C)C4)c3cc(Cl)c(-c4cc(O)cc5ccccc45)c(F)c3n2)CC1. The average molecular weight is 675 g/mol. The number of carbonyl (C=O) groups is 1. The zero-order chi connectivity index (χ0) is 33.9. The molecule has 1 amide bonds. The van der Waals surface area contributed by atoms with Crippen LogP contribution in [0.1, 0.15) is 46.5 Å². The fraction of sp³-hybridized carbons (Fsp3) is 0.486. The fourth-order valence-corrected chi connectivity index (χ4v) is 7.99. The predicted molar refractivity (Wildman–Crippen MR) is 190 cm³/mol. The lowest BCUT2D eigenvalue weighted by molar-refractivity contribution is 0.0221. The molecule has 9 nitrogen and oxygen atoms in total. The molecular weight excluding hydrogens is 631 g/mol. The minimum atomic E-state index is -0.589. The molecule has 3 aliphatic heterocycles. The van der Waals surface area contributed by atoms with Crippen molar-refractivity contribution in [1.82, 2.24) is 19.8 Å². The van der Waals surface area contributed by atoms with Gasteiger partial charge in [-0.05, 0) is 101 Å². The lowest BCUT2D eigenvalue weighted by Gasteiger charge is -2.36. The molecule has 254 valence electrons. The summed E-state index contributed by atoms with van der Waals surface area (Å²) in [5.41, 5.74) is 0.302. The smallest absolute Gasteiger partial charge is 0.410 e. The van der Waals surface area contributed by atoms with Crippen LogP contribution in [0.2, 0.25) is 5.02 Å². The van der Waals surface area contributed by atoms with Gasteiger partial charge in [0.15, 0.2) is 5.82 Å². The Morgan fingerprint density at radius 2 is 1.73 bits per heavy atom. The minimum Gasteiger partial charge on any atom is -0.508 e. The van der Waals surface area contributed by atoms with E-state index in [1.54, 1.807) is 18.2 Å². The molecule has 2 atom stereocenters. The van der Waals surface area contributed by atoms with Crippen LogP contribution in [0, 0.1) is 11.7 Å². The number of anilines is 2. The van der Waals surface area contributed by atoms with Crippen molar-refractivity contribution in [1.29, 1.82) is 0 Å². The molecule has 0 radical (unpaired) electrons. The Bertz CT molecular complexity index is 1870. The highest BCUT2D eigenvalue weighted by molar-refractivity contribution is 6.35. The zero-order valence-corrected chi connectivity index (χ0v) is 29.1. The molecule has 7 rings (SSSR count). The molecule has 2 bridgehead atoms. The first kappa shape index (κ1) is 32.6. The summed E-state index contributed by atoms with van der Waals surface area (Å²) in [6.45, 7) is 9.09. The molecule has 0 spiro atoms.